The number of aliphatic hydroxyl groups is 1. The number of hydrogen-bond acceptors (Lipinski definition) is 4. The first-order chi connectivity index (χ1) is 7.54. The first-order valence-electron chi connectivity index (χ1n) is 4.98. The first kappa shape index (κ1) is 14.5. The van der Waals surface area contributed by atoms with E-state index in [-0.39, 0.29) is 5.75 Å². The smallest absolute Gasteiger partial charge is 0.161 e. The molecule has 0 aromatic heterocycles. The van der Waals surface area contributed by atoms with E-state index in [0.717, 1.165) is 0 Å². The van der Waals surface area contributed by atoms with Gasteiger partial charge < -0.3 is 14.9 Å². The van der Waals surface area contributed by atoms with Crippen molar-refractivity contribution in [2.45, 2.75) is 13.8 Å². The molecular weight excluding hydrogens is 208 g/mol. The van der Waals surface area contributed by atoms with Crippen molar-refractivity contribution in [1.29, 1.82) is 0 Å². The lowest BCUT2D eigenvalue weighted by Crippen LogP contribution is -1.90. The lowest BCUT2D eigenvalue weighted by atomic mass is 10.2. The molecule has 0 heterocycles. The molecule has 16 heavy (non-hydrogen) atoms. The van der Waals surface area contributed by atoms with E-state index in [0.29, 0.717) is 30.1 Å². The van der Waals surface area contributed by atoms with Crippen LogP contribution in [0.3, 0.4) is 0 Å². The third kappa shape index (κ3) is 5.36. The summed E-state index contributed by atoms with van der Waals surface area (Å²) in [6, 6.07) is 4.41. The summed E-state index contributed by atoms with van der Waals surface area (Å²) in [6.07, 6.45) is 0.696. The largest absolute Gasteiger partial charge is 0.504 e. The summed E-state index contributed by atoms with van der Waals surface area (Å²) in [5, 5.41) is 17.2. The van der Waals surface area contributed by atoms with Crippen molar-refractivity contribution in [3.05, 3.63) is 23.8 Å². The standard InChI is InChI=1S/C8H8O3.C4H10O/c1-11-8-4-6(5-9)2-3-7(8)10;1-4(2)3-5/h2-5,10H,1H3;4-5H,3H2,1-2H3. The van der Waals surface area contributed by atoms with Gasteiger partial charge in [0.15, 0.2) is 11.5 Å². The zero-order valence-corrected chi connectivity index (χ0v) is 9.80. The number of phenols is 1. The van der Waals surface area contributed by atoms with E-state index in [1.54, 1.807) is 0 Å². The van der Waals surface area contributed by atoms with E-state index in [2.05, 4.69) is 0 Å². The number of aldehydes is 1. The van der Waals surface area contributed by atoms with E-state index in [9.17, 15) is 4.79 Å². The third-order valence-electron chi connectivity index (χ3n) is 1.71. The van der Waals surface area contributed by atoms with E-state index in [4.69, 9.17) is 14.9 Å². The van der Waals surface area contributed by atoms with Gasteiger partial charge in [-0.15, -0.1) is 0 Å². The SMILES string of the molecule is CC(C)CO.COc1cc(C=O)ccc1O. The molecule has 0 aliphatic rings. The average Bonchev–Trinajstić information content (AvgIpc) is 2.30. The second kappa shape index (κ2) is 7.70. The van der Waals surface area contributed by atoms with Crippen LogP contribution in [-0.2, 0) is 0 Å². The minimum Gasteiger partial charge on any atom is -0.504 e. The Bertz CT molecular complexity index is 321. The highest BCUT2D eigenvalue weighted by atomic mass is 16.5. The maximum atomic E-state index is 10.2. The summed E-state index contributed by atoms with van der Waals surface area (Å²) < 4.78 is 4.78. The van der Waals surface area contributed by atoms with Gasteiger partial charge in [-0.1, -0.05) is 13.8 Å². The highest BCUT2D eigenvalue weighted by Crippen LogP contribution is 2.25. The van der Waals surface area contributed by atoms with Crippen LogP contribution in [0.25, 0.3) is 0 Å². The Morgan fingerprint density at radius 2 is 2.00 bits per heavy atom. The zero-order chi connectivity index (χ0) is 12.6. The normalized spacial score (nSPS) is 9.31. The number of carbonyl (C=O) groups excluding carboxylic acids is 1. The molecular formula is C12H18O4. The van der Waals surface area contributed by atoms with Crippen molar-refractivity contribution in [2.24, 2.45) is 5.92 Å². The minimum atomic E-state index is 0.0399. The van der Waals surface area contributed by atoms with Crippen LogP contribution >= 0.6 is 0 Å². The second-order valence-corrected chi connectivity index (χ2v) is 3.63. The van der Waals surface area contributed by atoms with Gasteiger partial charge >= 0.3 is 0 Å². The van der Waals surface area contributed by atoms with Crippen LogP contribution in [0.2, 0.25) is 0 Å². The van der Waals surface area contributed by atoms with Gasteiger partial charge in [0.2, 0.25) is 0 Å². The molecule has 0 unspecified atom stereocenters. The van der Waals surface area contributed by atoms with Crippen LogP contribution in [-0.4, -0.2) is 30.2 Å². The first-order valence-corrected chi connectivity index (χ1v) is 4.98. The topological polar surface area (TPSA) is 66.8 Å². The molecule has 0 saturated heterocycles. The molecule has 1 aromatic rings. The van der Waals surface area contributed by atoms with Gasteiger partial charge in [0.1, 0.15) is 6.29 Å². The summed E-state index contributed by atoms with van der Waals surface area (Å²) in [4.78, 5) is 10.2. The maximum Gasteiger partial charge on any atom is 0.161 e. The summed E-state index contributed by atoms with van der Waals surface area (Å²) in [5.74, 6) is 0.794. The highest BCUT2D eigenvalue weighted by molar-refractivity contribution is 5.76. The fraction of sp³-hybridized carbons (Fsp3) is 0.417. The molecule has 0 radical (unpaired) electrons. The van der Waals surface area contributed by atoms with E-state index in [1.165, 1.54) is 25.3 Å². The van der Waals surface area contributed by atoms with Crippen molar-refractivity contribution in [1.82, 2.24) is 0 Å². The summed E-state index contributed by atoms with van der Waals surface area (Å²) in [5.41, 5.74) is 0.486. The van der Waals surface area contributed by atoms with Gasteiger partial charge in [-0.2, -0.15) is 0 Å². The van der Waals surface area contributed by atoms with Crippen molar-refractivity contribution < 1.29 is 19.7 Å². The van der Waals surface area contributed by atoms with Crippen LogP contribution in [0.1, 0.15) is 24.2 Å². The molecule has 0 saturated carbocycles. The van der Waals surface area contributed by atoms with Crippen LogP contribution in [0, 0.1) is 5.92 Å². The monoisotopic (exact) mass is 226 g/mol. The van der Waals surface area contributed by atoms with Crippen LogP contribution in [0.15, 0.2) is 18.2 Å². The zero-order valence-electron chi connectivity index (χ0n) is 9.80. The summed E-state index contributed by atoms with van der Waals surface area (Å²) in [7, 11) is 1.43. The Balaban J connectivity index is 0.000000385. The van der Waals surface area contributed by atoms with E-state index in [1.807, 2.05) is 13.8 Å². The molecule has 0 aliphatic heterocycles. The fourth-order valence-corrected chi connectivity index (χ4v) is 0.768. The molecule has 0 fully saturated rings. The molecule has 0 aliphatic carbocycles. The van der Waals surface area contributed by atoms with Crippen molar-refractivity contribution in [3.63, 3.8) is 0 Å². The predicted octanol–water partition coefficient (Wildman–Crippen LogP) is 1.85. The van der Waals surface area contributed by atoms with Crippen LogP contribution in [0.5, 0.6) is 11.5 Å². The summed E-state index contributed by atoms with van der Waals surface area (Å²) in [6.45, 7) is 4.25. The quantitative estimate of drug-likeness (QED) is 0.772. The Morgan fingerprint density at radius 3 is 2.38 bits per heavy atom. The second-order valence-electron chi connectivity index (χ2n) is 3.63. The predicted molar refractivity (Wildman–Crippen MR) is 62.0 cm³/mol. The van der Waals surface area contributed by atoms with Gasteiger partial charge in [-0.25, -0.2) is 0 Å². The molecule has 0 bridgehead atoms. The molecule has 2 N–H and O–H groups in total. The minimum absolute atomic E-state index is 0.0399. The Hall–Kier alpha value is -1.55. The van der Waals surface area contributed by atoms with Crippen LogP contribution in [0.4, 0.5) is 0 Å². The van der Waals surface area contributed by atoms with Crippen molar-refractivity contribution in [2.75, 3.05) is 13.7 Å². The molecule has 4 heteroatoms. The van der Waals surface area contributed by atoms with Gasteiger partial charge in [-0.3, -0.25) is 4.79 Å². The molecule has 1 aromatic carbocycles. The molecule has 0 amide bonds. The van der Waals surface area contributed by atoms with E-state index < -0.39 is 0 Å². The van der Waals surface area contributed by atoms with Gasteiger partial charge in [0.25, 0.3) is 0 Å². The number of carbonyl (C=O) groups is 1. The number of aromatic hydroxyl groups is 1. The van der Waals surface area contributed by atoms with Crippen LogP contribution < -0.4 is 4.74 Å². The maximum absolute atomic E-state index is 10.2. The number of aliphatic hydroxyl groups excluding tert-OH is 1. The number of benzene rings is 1. The third-order valence-corrected chi connectivity index (χ3v) is 1.71. The van der Waals surface area contributed by atoms with Gasteiger partial charge in [-0.05, 0) is 24.1 Å². The van der Waals surface area contributed by atoms with Crippen molar-refractivity contribution in [3.8, 4) is 11.5 Å². The average molecular weight is 226 g/mol. The number of rotatable bonds is 3. The molecule has 4 nitrogen and oxygen atoms in total. The molecule has 1 rings (SSSR count). The lowest BCUT2D eigenvalue weighted by Gasteiger charge is -2.01. The van der Waals surface area contributed by atoms with Crippen molar-refractivity contribution >= 4 is 6.29 Å². The number of phenolic OH excluding ortho intramolecular Hbond substituents is 1. The fourth-order valence-electron chi connectivity index (χ4n) is 0.768. The van der Waals surface area contributed by atoms with Gasteiger partial charge in [0.05, 0.1) is 7.11 Å². The highest BCUT2D eigenvalue weighted by Gasteiger charge is 2.00. The summed E-state index contributed by atoms with van der Waals surface area (Å²) >= 11 is 0. The molecule has 90 valence electrons. The Kier molecular flexibility index (Phi) is 6.96. The molecule has 0 atom stereocenters. The Morgan fingerprint density at radius 1 is 1.44 bits per heavy atom. The molecule has 0 spiro atoms. The van der Waals surface area contributed by atoms with E-state index >= 15 is 0 Å². The number of methoxy groups -OCH3 is 1. The van der Waals surface area contributed by atoms with Gasteiger partial charge in [0, 0.05) is 12.2 Å². The number of hydrogen-bond donors (Lipinski definition) is 2. The lowest BCUT2D eigenvalue weighted by molar-refractivity contribution is 0.112. The number of ether oxygens (including phenoxy) is 1. The Labute approximate surface area is 95.5 Å².